The first-order valence-corrected chi connectivity index (χ1v) is 8.63. The number of hydrogen-bond donors (Lipinski definition) is 2. The van der Waals surface area contributed by atoms with Crippen molar-refractivity contribution < 1.29 is 36.6 Å². The van der Waals surface area contributed by atoms with E-state index < -0.39 is 43.9 Å². The Hall–Kier alpha value is -2.27. The molecule has 0 atom stereocenters. The highest BCUT2D eigenvalue weighted by Gasteiger charge is 2.32. The molecule has 0 aliphatic carbocycles. The van der Waals surface area contributed by atoms with Crippen molar-refractivity contribution in [3.8, 4) is 5.75 Å². The molecule has 0 unspecified atom stereocenters. The zero-order valence-electron chi connectivity index (χ0n) is 12.0. The Balaban J connectivity index is 2.42. The molecule has 2 aromatic rings. The molecule has 0 heterocycles. The lowest BCUT2D eigenvalue weighted by Crippen LogP contribution is -2.15. The Morgan fingerprint density at radius 2 is 1.80 bits per heavy atom. The van der Waals surface area contributed by atoms with Gasteiger partial charge in [0, 0.05) is 10.2 Å². The molecule has 0 saturated carbocycles. The van der Waals surface area contributed by atoms with Gasteiger partial charge in [0.1, 0.15) is 0 Å². The molecule has 2 rings (SSSR count). The Morgan fingerprint density at radius 1 is 1.16 bits per heavy atom. The van der Waals surface area contributed by atoms with Crippen molar-refractivity contribution in [1.82, 2.24) is 0 Å². The van der Waals surface area contributed by atoms with Gasteiger partial charge in [0.25, 0.3) is 10.0 Å². The van der Waals surface area contributed by atoms with Crippen molar-refractivity contribution >= 4 is 37.6 Å². The molecule has 134 valence electrons. The largest absolute Gasteiger partial charge is 0.872 e. The normalized spacial score (nSPS) is 12.0. The maximum absolute atomic E-state index is 12.8. The van der Waals surface area contributed by atoms with Gasteiger partial charge in [0.2, 0.25) is 0 Å². The Labute approximate surface area is 148 Å². The lowest BCUT2D eigenvalue weighted by Gasteiger charge is -2.15. The molecule has 0 radical (unpaired) electrons. The fraction of sp³-hybridized carbons (Fsp3) is 0.0714. The van der Waals surface area contributed by atoms with Gasteiger partial charge in [-0.2, -0.15) is 13.2 Å². The maximum atomic E-state index is 12.8. The van der Waals surface area contributed by atoms with E-state index in [1.807, 2.05) is 4.72 Å². The first-order chi connectivity index (χ1) is 11.4. The average Bonchev–Trinajstić information content (AvgIpc) is 2.44. The summed E-state index contributed by atoms with van der Waals surface area (Å²) in [7, 11) is -4.43. The number of aromatic carboxylic acids is 1. The summed E-state index contributed by atoms with van der Waals surface area (Å²) >= 11 is 2.81. The summed E-state index contributed by atoms with van der Waals surface area (Å²) < 4.78 is 64.7. The van der Waals surface area contributed by atoms with Gasteiger partial charge in [0.05, 0.1) is 16.0 Å². The molecule has 0 saturated heterocycles. The van der Waals surface area contributed by atoms with Gasteiger partial charge in [-0.1, -0.05) is 21.7 Å². The van der Waals surface area contributed by atoms with Crippen LogP contribution in [-0.2, 0) is 16.2 Å². The predicted octanol–water partition coefficient (Wildman–Crippen LogP) is 3.04. The van der Waals surface area contributed by atoms with Crippen molar-refractivity contribution in [2.45, 2.75) is 11.1 Å². The number of benzene rings is 2. The third-order valence-corrected chi connectivity index (χ3v) is 4.79. The molecule has 0 aliphatic heterocycles. The first-order valence-electron chi connectivity index (χ1n) is 6.35. The number of carbonyl (C=O) groups is 1. The molecule has 0 aliphatic rings. The highest BCUT2D eigenvalue weighted by Crippen LogP contribution is 2.33. The summed E-state index contributed by atoms with van der Waals surface area (Å²) in [6, 6.07) is 4.76. The molecule has 11 heteroatoms. The molecular formula is C14H8BrF3NO5S-. The molecule has 2 aromatic carbocycles. The first kappa shape index (κ1) is 19.1. The van der Waals surface area contributed by atoms with Crippen LogP contribution in [0.1, 0.15) is 15.9 Å². The lowest BCUT2D eigenvalue weighted by atomic mass is 10.2. The number of nitrogens with one attached hydrogen (secondary N) is 1. The second-order valence-electron chi connectivity index (χ2n) is 4.79. The molecule has 0 aromatic heterocycles. The van der Waals surface area contributed by atoms with Crippen LogP contribution < -0.4 is 9.83 Å². The van der Waals surface area contributed by atoms with Crippen LogP contribution in [0.4, 0.5) is 18.9 Å². The minimum atomic E-state index is -4.75. The average molecular weight is 439 g/mol. The molecule has 6 nitrogen and oxygen atoms in total. The van der Waals surface area contributed by atoms with Crippen LogP contribution in [0.15, 0.2) is 45.8 Å². The highest BCUT2D eigenvalue weighted by atomic mass is 79.9. The quantitative estimate of drug-likeness (QED) is 0.762. The van der Waals surface area contributed by atoms with Crippen molar-refractivity contribution in [3.05, 3.63) is 52.0 Å². The number of anilines is 1. The van der Waals surface area contributed by atoms with E-state index in [-0.39, 0.29) is 10.2 Å². The molecule has 0 fully saturated rings. The minimum absolute atomic E-state index is 0.103. The lowest BCUT2D eigenvalue weighted by molar-refractivity contribution is -0.268. The van der Waals surface area contributed by atoms with Crippen LogP contribution in [0.2, 0.25) is 0 Å². The number of halogens is 4. The standard InChI is InChI=1S/C14H9BrF3NO5S/c15-8-3-7(14(16,17)18)4-10(5-8)25(23,24)19-9-1-2-11(13(21)22)12(20)6-9/h1-6,19-20H,(H,21,22)/p-1. The molecular weight excluding hydrogens is 431 g/mol. The van der Waals surface area contributed by atoms with E-state index in [0.717, 1.165) is 30.3 Å². The third-order valence-electron chi connectivity index (χ3n) is 2.97. The van der Waals surface area contributed by atoms with Crippen molar-refractivity contribution in [3.63, 3.8) is 0 Å². The highest BCUT2D eigenvalue weighted by molar-refractivity contribution is 9.10. The van der Waals surface area contributed by atoms with Crippen LogP contribution in [0.3, 0.4) is 0 Å². The van der Waals surface area contributed by atoms with Gasteiger partial charge in [-0.05, 0) is 36.4 Å². The number of carboxylic acids is 1. The Kier molecular flexibility index (Phi) is 5.00. The van der Waals surface area contributed by atoms with E-state index in [9.17, 15) is 31.5 Å². The summed E-state index contributed by atoms with van der Waals surface area (Å²) in [6.45, 7) is 0. The zero-order chi connectivity index (χ0) is 19.0. The maximum Gasteiger partial charge on any atom is 0.416 e. The zero-order valence-corrected chi connectivity index (χ0v) is 14.4. The summed E-state index contributed by atoms with van der Waals surface area (Å²) in [4.78, 5) is 10.1. The second kappa shape index (κ2) is 6.56. The van der Waals surface area contributed by atoms with E-state index in [1.54, 1.807) is 0 Å². The number of carboxylic acid groups (broad SMARTS) is 1. The summed E-state index contributed by atoms with van der Waals surface area (Å²) in [5.74, 6) is -2.43. The predicted molar refractivity (Wildman–Crippen MR) is 82.8 cm³/mol. The van der Waals surface area contributed by atoms with Gasteiger partial charge in [-0.15, -0.1) is 0 Å². The van der Waals surface area contributed by atoms with Gasteiger partial charge >= 0.3 is 12.1 Å². The summed E-state index contributed by atoms with van der Waals surface area (Å²) in [5, 5.41) is 20.3. The number of hydrogen-bond acceptors (Lipinski definition) is 4. The SMILES string of the molecule is O=C(O)c1ccc(NS(=O)(=O)c2cc(Br)cc(C(F)(F)F)c2)cc1[O-]. The second-order valence-corrected chi connectivity index (χ2v) is 7.39. The van der Waals surface area contributed by atoms with Gasteiger partial charge < -0.3 is 10.2 Å². The Bertz CT molecular complexity index is 944. The van der Waals surface area contributed by atoms with E-state index in [4.69, 9.17) is 5.11 Å². The van der Waals surface area contributed by atoms with E-state index >= 15 is 0 Å². The Morgan fingerprint density at radius 3 is 2.32 bits per heavy atom. The number of alkyl halides is 3. The minimum Gasteiger partial charge on any atom is -0.872 e. The fourth-order valence-corrected chi connectivity index (χ4v) is 3.62. The molecule has 0 bridgehead atoms. The van der Waals surface area contributed by atoms with Crippen LogP contribution in [0, 0.1) is 0 Å². The van der Waals surface area contributed by atoms with Crippen LogP contribution in [0.25, 0.3) is 0 Å². The van der Waals surface area contributed by atoms with Gasteiger partial charge in [-0.3, -0.25) is 4.72 Å². The van der Waals surface area contributed by atoms with Crippen LogP contribution in [-0.4, -0.2) is 19.5 Å². The number of rotatable bonds is 4. The van der Waals surface area contributed by atoms with E-state index in [2.05, 4.69) is 15.9 Å². The van der Waals surface area contributed by atoms with Crippen LogP contribution >= 0.6 is 15.9 Å². The summed E-state index contributed by atoms with van der Waals surface area (Å²) in [5.41, 5.74) is -2.01. The van der Waals surface area contributed by atoms with E-state index in [0.29, 0.717) is 6.07 Å². The van der Waals surface area contributed by atoms with Crippen molar-refractivity contribution in [2.24, 2.45) is 0 Å². The molecule has 25 heavy (non-hydrogen) atoms. The molecule has 0 amide bonds. The summed E-state index contributed by atoms with van der Waals surface area (Å²) in [6.07, 6.45) is -4.75. The smallest absolute Gasteiger partial charge is 0.416 e. The van der Waals surface area contributed by atoms with Crippen molar-refractivity contribution in [1.29, 1.82) is 0 Å². The van der Waals surface area contributed by atoms with Gasteiger partial charge in [0.15, 0.2) is 0 Å². The van der Waals surface area contributed by atoms with Gasteiger partial charge in [-0.25, -0.2) is 13.2 Å². The van der Waals surface area contributed by atoms with Crippen LogP contribution in [0.5, 0.6) is 5.75 Å². The van der Waals surface area contributed by atoms with E-state index in [1.165, 1.54) is 0 Å². The third kappa shape index (κ3) is 4.42. The topological polar surface area (TPSA) is 107 Å². The number of sulfonamides is 1. The molecule has 2 N–H and O–H groups in total. The fourth-order valence-electron chi connectivity index (χ4n) is 1.86. The molecule has 0 spiro atoms. The van der Waals surface area contributed by atoms with Crippen molar-refractivity contribution in [2.75, 3.05) is 4.72 Å². The monoisotopic (exact) mass is 438 g/mol.